The Balaban J connectivity index is 1.94. The molecule has 21 heavy (non-hydrogen) atoms. The van der Waals surface area contributed by atoms with Crippen molar-refractivity contribution in [3.05, 3.63) is 33.8 Å². The van der Waals surface area contributed by atoms with Crippen LogP contribution in [0.4, 0.5) is 0 Å². The average molecular weight is 354 g/mol. The van der Waals surface area contributed by atoms with Crippen LogP contribution in [0.1, 0.15) is 41.6 Å². The first-order valence-corrected chi connectivity index (χ1v) is 8.04. The maximum absolute atomic E-state index is 12.6. The highest BCUT2D eigenvalue weighted by atomic mass is 79.9. The minimum atomic E-state index is -0.738. The quantitative estimate of drug-likeness (QED) is 0.901. The topological polar surface area (TPSA) is 57.6 Å². The number of piperidine rings is 1. The predicted molar refractivity (Wildman–Crippen MR) is 84.4 cm³/mol. The van der Waals surface area contributed by atoms with E-state index in [0.29, 0.717) is 12.3 Å². The fraction of sp³-hybridized carbons (Fsp3) is 0.500. The van der Waals surface area contributed by atoms with Gasteiger partial charge in [0.05, 0.1) is 0 Å². The lowest BCUT2D eigenvalue weighted by Crippen LogP contribution is -2.38. The predicted octanol–water partition coefficient (Wildman–Crippen LogP) is 3.47. The number of benzene rings is 1. The first kappa shape index (κ1) is 16.0. The largest absolute Gasteiger partial charge is 0.481 e. The van der Waals surface area contributed by atoms with E-state index < -0.39 is 5.97 Å². The molecule has 1 saturated heterocycles. The molecule has 1 aliphatic heterocycles. The van der Waals surface area contributed by atoms with Crippen LogP contribution < -0.4 is 0 Å². The van der Waals surface area contributed by atoms with Crippen molar-refractivity contribution >= 4 is 27.8 Å². The van der Waals surface area contributed by atoms with Crippen LogP contribution in [0, 0.1) is 12.8 Å². The molecule has 1 heterocycles. The lowest BCUT2D eigenvalue weighted by atomic mass is 9.91. The second kappa shape index (κ2) is 7.07. The van der Waals surface area contributed by atoms with E-state index in [2.05, 4.69) is 15.9 Å². The number of hydrogen-bond donors (Lipinski definition) is 1. The van der Waals surface area contributed by atoms with Crippen LogP contribution in [0.25, 0.3) is 0 Å². The molecule has 1 fully saturated rings. The zero-order chi connectivity index (χ0) is 15.4. The Labute approximate surface area is 133 Å². The highest BCUT2D eigenvalue weighted by molar-refractivity contribution is 9.10. The van der Waals surface area contributed by atoms with E-state index in [4.69, 9.17) is 5.11 Å². The SMILES string of the molecule is Cc1ccc(Br)cc1C(=O)N1CCC(CCC(=O)O)CC1. The molecular formula is C16H20BrNO3. The molecule has 0 atom stereocenters. The summed E-state index contributed by atoms with van der Waals surface area (Å²) in [5, 5.41) is 8.72. The van der Waals surface area contributed by atoms with Crippen molar-refractivity contribution in [3.8, 4) is 0 Å². The minimum absolute atomic E-state index is 0.0745. The van der Waals surface area contributed by atoms with E-state index in [-0.39, 0.29) is 12.3 Å². The molecule has 114 valence electrons. The molecule has 0 aromatic heterocycles. The van der Waals surface area contributed by atoms with Gasteiger partial charge in [-0.2, -0.15) is 0 Å². The highest BCUT2D eigenvalue weighted by Crippen LogP contribution is 2.24. The molecule has 1 aliphatic rings. The number of aliphatic carboxylic acids is 1. The van der Waals surface area contributed by atoms with Crippen LogP contribution in [0.3, 0.4) is 0 Å². The molecule has 0 saturated carbocycles. The smallest absolute Gasteiger partial charge is 0.303 e. The number of carbonyl (C=O) groups excluding carboxylic acids is 1. The molecule has 2 rings (SSSR count). The Kier molecular flexibility index (Phi) is 5.39. The van der Waals surface area contributed by atoms with Gasteiger partial charge in [0.2, 0.25) is 0 Å². The third kappa shape index (κ3) is 4.30. The molecule has 1 N–H and O–H groups in total. The zero-order valence-corrected chi connectivity index (χ0v) is 13.7. The van der Waals surface area contributed by atoms with Gasteiger partial charge in [-0.1, -0.05) is 22.0 Å². The normalized spacial score (nSPS) is 16.0. The minimum Gasteiger partial charge on any atom is -0.481 e. The van der Waals surface area contributed by atoms with E-state index in [1.165, 1.54) is 0 Å². The van der Waals surface area contributed by atoms with Gasteiger partial charge in [0.15, 0.2) is 0 Å². The van der Waals surface area contributed by atoms with Gasteiger partial charge in [0.1, 0.15) is 0 Å². The van der Waals surface area contributed by atoms with E-state index >= 15 is 0 Å². The zero-order valence-electron chi connectivity index (χ0n) is 12.1. The van der Waals surface area contributed by atoms with Crippen LogP contribution >= 0.6 is 15.9 Å². The van der Waals surface area contributed by atoms with Crippen molar-refractivity contribution in [2.45, 2.75) is 32.6 Å². The number of halogens is 1. The lowest BCUT2D eigenvalue weighted by molar-refractivity contribution is -0.137. The number of rotatable bonds is 4. The third-order valence-electron chi connectivity index (χ3n) is 4.10. The van der Waals surface area contributed by atoms with Gasteiger partial charge in [-0.15, -0.1) is 0 Å². The standard InChI is InChI=1S/C16H20BrNO3/c1-11-2-4-13(17)10-14(11)16(21)18-8-6-12(7-9-18)3-5-15(19)20/h2,4,10,12H,3,5-9H2,1H3,(H,19,20). The van der Waals surface area contributed by atoms with Crippen molar-refractivity contribution in [2.75, 3.05) is 13.1 Å². The Bertz CT molecular complexity index is 536. The molecular weight excluding hydrogens is 334 g/mol. The van der Waals surface area contributed by atoms with Gasteiger partial charge in [0, 0.05) is 29.5 Å². The van der Waals surface area contributed by atoms with Crippen molar-refractivity contribution in [3.63, 3.8) is 0 Å². The maximum Gasteiger partial charge on any atom is 0.303 e. The van der Waals surface area contributed by atoms with Crippen LogP contribution in [-0.2, 0) is 4.79 Å². The molecule has 0 radical (unpaired) electrons. The van der Waals surface area contributed by atoms with Crippen LogP contribution in [-0.4, -0.2) is 35.0 Å². The van der Waals surface area contributed by atoms with E-state index in [0.717, 1.165) is 41.5 Å². The van der Waals surface area contributed by atoms with Gasteiger partial charge < -0.3 is 10.0 Å². The third-order valence-corrected chi connectivity index (χ3v) is 4.59. The number of carboxylic acids is 1. The number of amides is 1. The number of nitrogens with zero attached hydrogens (tertiary/aromatic N) is 1. The molecule has 1 aromatic carbocycles. The number of aryl methyl sites for hydroxylation is 1. The van der Waals surface area contributed by atoms with Crippen molar-refractivity contribution in [1.82, 2.24) is 4.90 Å². The van der Waals surface area contributed by atoms with Gasteiger partial charge in [-0.05, 0) is 49.8 Å². The van der Waals surface area contributed by atoms with Crippen molar-refractivity contribution in [1.29, 1.82) is 0 Å². The maximum atomic E-state index is 12.6. The number of hydrogen-bond acceptors (Lipinski definition) is 2. The van der Waals surface area contributed by atoms with Crippen molar-refractivity contribution in [2.24, 2.45) is 5.92 Å². The Morgan fingerprint density at radius 2 is 2.00 bits per heavy atom. The van der Waals surface area contributed by atoms with Gasteiger partial charge >= 0.3 is 5.97 Å². The van der Waals surface area contributed by atoms with Gasteiger partial charge in [0.25, 0.3) is 5.91 Å². The number of likely N-dealkylation sites (tertiary alicyclic amines) is 1. The summed E-state index contributed by atoms with van der Waals surface area (Å²) in [7, 11) is 0. The summed E-state index contributed by atoms with van der Waals surface area (Å²) in [6, 6.07) is 5.75. The summed E-state index contributed by atoms with van der Waals surface area (Å²) in [4.78, 5) is 25.0. The monoisotopic (exact) mass is 353 g/mol. The second-order valence-corrected chi connectivity index (χ2v) is 6.54. The molecule has 1 amide bonds. The molecule has 0 aliphatic carbocycles. The number of carbonyl (C=O) groups is 2. The first-order chi connectivity index (χ1) is 9.97. The summed E-state index contributed by atoms with van der Waals surface area (Å²) in [6.07, 6.45) is 2.73. The fourth-order valence-electron chi connectivity index (χ4n) is 2.75. The Hall–Kier alpha value is -1.36. The van der Waals surface area contributed by atoms with E-state index in [9.17, 15) is 9.59 Å². The lowest BCUT2D eigenvalue weighted by Gasteiger charge is -2.32. The summed E-state index contributed by atoms with van der Waals surface area (Å²) in [6.45, 7) is 3.38. The summed E-state index contributed by atoms with van der Waals surface area (Å²) >= 11 is 3.41. The first-order valence-electron chi connectivity index (χ1n) is 7.24. The van der Waals surface area contributed by atoms with Crippen LogP contribution in [0.15, 0.2) is 22.7 Å². The van der Waals surface area contributed by atoms with Crippen molar-refractivity contribution < 1.29 is 14.7 Å². The fourth-order valence-corrected chi connectivity index (χ4v) is 3.11. The highest BCUT2D eigenvalue weighted by Gasteiger charge is 2.24. The molecule has 0 bridgehead atoms. The Morgan fingerprint density at radius 1 is 1.33 bits per heavy atom. The van der Waals surface area contributed by atoms with Crippen LogP contribution in [0.2, 0.25) is 0 Å². The van der Waals surface area contributed by atoms with E-state index in [1.807, 2.05) is 30.0 Å². The summed E-state index contributed by atoms with van der Waals surface area (Å²) in [5.41, 5.74) is 1.73. The van der Waals surface area contributed by atoms with E-state index in [1.54, 1.807) is 0 Å². The molecule has 0 unspecified atom stereocenters. The second-order valence-electron chi connectivity index (χ2n) is 5.63. The van der Waals surface area contributed by atoms with Gasteiger partial charge in [-0.25, -0.2) is 0 Å². The molecule has 0 spiro atoms. The summed E-state index contributed by atoms with van der Waals surface area (Å²) < 4.78 is 0.910. The average Bonchev–Trinajstić information content (AvgIpc) is 2.47. The molecule has 1 aromatic rings. The number of carboxylic acid groups (broad SMARTS) is 1. The summed E-state index contributed by atoms with van der Waals surface area (Å²) in [5.74, 6) is -0.238. The van der Waals surface area contributed by atoms with Crippen LogP contribution in [0.5, 0.6) is 0 Å². The van der Waals surface area contributed by atoms with Gasteiger partial charge in [-0.3, -0.25) is 9.59 Å². The Morgan fingerprint density at radius 3 is 2.62 bits per heavy atom. The molecule has 5 heteroatoms. The molecule has 4 nitrogen and oxygen atoms in total.